The second kappa shape index (κ2) is 5.61. The van der Waals surface area contributed by atoms with Crippen LogP contribution in [-0.2, 0) is 0 Å². The molecule has 1 atom stereocenters. The lowest BCUT2D eigenvalue weighted by Gasteiger charge is -2.18. The van der Waals surface area contributed by atoms with Crippen LogP contribution >= 0.6 is 15.9 Å². The molecule has 2 rings (SSSR count). The van der Waals surface area contributed by atoms with E-state index in [4.69, 9.17) is 5.84 Å². The van der Waals surface area contributed by atoms with E-state index in [0.717, 1.165) is 21.2 Å². The molecule has 0 fully saturated rings. The van der Waals surface area contributed by atoms with E-state index < -0.39 is 0 Å². The standard InChI is InChI=1S/C14H14BrFN2/c1-9-6-11(8-12(15)7-9)14(18-17)10-2-4-13(16)5-3-10/h2-8,14,18H,17H2,1H3. The minimum Gasteiger partial charge on any atom is -0.271 e. The molecule has 0 heterocycles. The predicted molar refractivity (Wildman–Crippen MR) is 74.4 cm³/mol. The number of nitrogens with two attached hydrogens (primary N) is 1. The van der Waals surface area contributed by atoms with Crippen molar-refractivity contribution in [2.24, 2.45) is 5.84 Å². The van der Waals surface area contributed by atoms with Crippen molar-refractivity contribution in [1.29, 1.82) is 0 Å². The zero-order valence-electron chi connectivity index (χ0n) is 9.95. The van der Waals surface area contributed by atoms with E-state index in [0.29, 0.717) is 0 Å². The van der Waals surface area contributed by atoms with Crippen LogP contribution in [0.5, 0.6) is 0 Å². The van der Waals surface area contributed by atoms with E-state index in [-0.39, 0.29) is 11.9 Å². The molecule has 0 amide bonds. The SMILES string of the molecule is Cc1cc(Br)cc(C(NN)c2ccc(F)cc2)c1. The van der Waals surface area contributed by atoms with Crippen LogP contribution < -0.4 is 11.3 Å². The predicted octanol–water partition coefficient (Wildman–Crippen LogP) is 3.45. The van der Waals surface area contributed by atoms with Gasteiger partial charge in [0.1, 0.15) is 5.82 Å². The number of benzene rings is 2. The van der Waals surface area contributed by atoms with E-state index >= 15 is 0 Å². The number of halogens is 2. The first-order valence-corrected chi connectivity index (χ1v) is 6.38. The summed E-state index contributed by atoms with van der Waals surface area (Å²) in [5, 5.41) is 0. The summed E-state index contributed by atoms with van der Waals surface area (Å²) in [6.45, 7) is 2.02. The summed E-state index contributed by atoms with van der Waals surface area (Å²) in [5.74, 6) is 5.37. The number of hydrazine groups is 1. The van der Waals surface area contributed by atoms with Crippen LogP contribution in [0.1, 0.15) is 22.7 Å². The van der Waals surface area contributed by atoms with Gasteiger partial charge in [0.05, 0.1) is 6.04 Å². The van der Waals surface area contributed by atoms with Gasteiger partial charge in [0, 0.05) is 4.47 Å². The van der Waals surface area contributed by atoms with Crippen molar-refractivity contribution in [3.63, 3.8) is 0 Å². The molecule has 0 radical (unpaired) electrons. The Morgan fingerprint density at radius 3 is 2.33 bits per heavy atom. The van der Waals surface area contributed by atoms with Gasteiger partial charge in [-0.3, -0.25) is 5.84 Å². The van der Waals surface area contributed by atoms with Crippen LogP contribution in [0, 0.1) is 12.7 Å². The fourth-order valence-corrected chi connectivity index (χ4v) is 2.60. The Labute approximate surface area is 114 Å². The molecular formula is C14H14BrFN2. The summed E-state index contributed by atoms with van der Waals surface area (Å²) >= 11 is 3.47. The van der Waals surface area contributed by atoms with Crippen molar-refractivity contribution in [2.45, 2.75) is 13.0 Å². The minimum atomic E-state index is -0.250. The highest BCUT2D eigenvalue weighted by Gasteiger charge is 2.13. The average molecular weight is 309 g/mol. The Morgan fingerprint density at radius 1 is 1.11 bits per heavy atom. The highest BCUT2D eigenvalue weighted by Crippen LogP contribution is 2.25. The van der Waals surface area contributed by atoms with Gasteiger partial charge in [-0.1, -0.05) is 34.1 Å². The fraction of sp³-hybridized carbons (Fsp3) is 0.143. The lowest BCUT2D eigenvalue weighted by molar-refractivity contribution is 0.615. The zero-order valence-corrected chi connectivity index (χ0v) is 11.5. The van der Waals surface area contributed by atoms with E-state index in [1.54, 1.807) is 12.1 Å². The molecule has 2 nitrogen and oxygen atoms in total. The molecule has 2 aromatic carbocycles. The van der Waals surface area contributed by atoms with Crippen LogP contribution in [0.2, 0.25) is 0 Å². The molecule has 0 aliphatic heterocycles. The first kappa shape index (κ1) is 13.2. The first-order chi connectivity index (χ1) is 8.60. The largest absolute Gasteiger partial charge is 0.271 e. The molecule has 94 valence electrons. The lowest BCUT2D eigenvalue weighted by Crippen LogP contribution is -2.28. The maximum absolute atomic E-state index is 12.9. The Bertz CT molecular complexity index is 520. The normalized spacial score (nSPS) is 12.4. The Balaban J connectivity index is 2.41. The Morgan fingerprint density at radius 2 is 1.78 bits per heavy atom. The molecule has 0 aliphatic carbocycles. The van der Waals surface area contributed by atoms with E-state index in [9.17, 15) is 4.39 Å². The van der Waals surface area contributed by atoms with Gasteiger partial charge in [-0.05, 0) is 47.9 Å². The van der Waals surface area contributed by atoms with Crippen molar-refractivity contribution < 1.29 is 4.39 Å². The second-order valence-electron chi connectivity index (χ2n) is 4.21. The summed E-state index contributed by atoms with van der Waals surface area (Å²) in [7, 11) is 0. The average Bonchev–Trinajstić information content (AvgIpc) is 2.31. The molecule has 0 bridgehead atoms. The van der Waals surface area contributed by atoms with E-state index in [1.807, 2.05) is 19.1 Å². The first-order valence-electron chi connectivity index (χ1n) is 5.59. The zero-order chi connectivity index (χ0) is 13.1. The van der Waals surface area contributed by atoms with Crippen molar-refractivity contribution in [3.8, 4) is 0 Å². The summed E-state index contributed by atoms with van der Waals surface area (Å²) < 4.78 is 13.9. The molecule has 18 heavy (non-hydrogen) atoms. The van der Waals surface area contributed by atoms with Crippen LogP contribution in [-0.4, -0.2) is 0 Å². The molecule has 0 saturated heterocycles. The maximum atomic E-state index is 12.9. The smallest absolute Gasteiger partial charge is 0.123 e. The van der Waals surface area contributed by atoms with Crippen molar-refractivity contribution in [3.05, 3.63) is 69.4 Å². The molecular weight excluding hydrogens is 295 g/mol. The van der Waals surface area contributed by atoms with Crippen molar-refractivity contribution in [2.75, 3.05) is 0 Å². The highest BCUT2D eigenvalue weighted by molar-refractivity contribution is 9.10. The van der Waals surface area contributed by atoms with E-state index in [1.165, 1.54) is 12.1 Å². The molecule has 0 spiro atoms. The number of nitrogens with one attached hydrogen (secondary N) is 1. The third-order valence-corrected chi connectivity index (χ3v) is 3.23. The number of hydrogen-bond acceptors (Lipinski definition) is 2. The fourth-order valence-electron chi connectivity index (χ4n) is 1.97. The Hall–Kier alpha value is -1.23. The number of rotatable bonds is 3. The molecule has 2 aromatic rings. The van der Waals surface area contributed by atoms with Gasteiger partial charge in [0.25, 0.3) is 0 Å². The Kier molecular flexibility index (Phi) is 4.11. The third kappa shape index (κ3) is 2.96. The van der Waals surface area contributed by atoms with Gasteiger partial charge in [-0.2, -0.15) is 0 Å². The quantitative estimate of drug-likeness (QED) is 0.673. The summed E-state index contributed by atoms with van der Waals surface area (Å²) in [6.07, 6.45) is 0. The van der Waals surface area contributed by atoms with Gasteiger partial charge in [0.2, 0.25) is 0 Å². The summed E-state index contributed by atoms with van der Waals surface area (Å²) in [6, 6.07) is 12.3. The summed E-state index contributed by atoms with van der Waals surface area (Å²) in [4.78, 5) is 0. The monoisotopic (exact) mass is 308 g/mol. The molecule has 3 N–H and O–H groups in total. The van der Waals surface area contributed by atoms with Crippen molar-refractivity contribution in [1.82, 2.24) is 5.43 Å². The van der Waals surface area contributed by atoms with E-state index in [2.05, 4.69) is 27.4 Å². The van der Waals surface area contributed by atoms with Gasteiger partial charge in [-0.25, -0.2) is 9.82 Å². The van der Waals surface area contributed by atoms with Crippen LogP contribution in [0.3, 0.4) is 0 Å². The molecule has 4 heteroatoms. The molecule has 0 saturated carbocycles. The molecule has 0 aliphatic rings. The summed E-state index contributed by atoms with van der Waals surface area (Å²) in [5.41, 5.74) is 5.87. The molecule has 1 unspecified atom stereocenters. The van der Waals surface area contributed by atoms with Crippen LogP contribution in [0.25, 0.3) is 0 Å². The lowest BCUT2D eigenvalue weighted by atomic mass is 9.98. The number of hydrogen-bond donors (Lipinski definition) is 2. The second-order valence-corrected chi connectivity index (χ2v) is 5.13. The van der Waals surface area contributed by atoms with Crippen LogP contribution in [0.4, 0.5) is 4.39 Å². The highest BCUT2D eigenvalue weighted by atomic mass is 79.9. The van der Waals surface area contributed by atoms with Crippen molar-refractivity contribution >= 4 is 15.9 Å². The molecule has 0 aromatic heterocycles. The minimum absolute atomic E-state index is 0.151. The van der Waals surface area contributed by atoms with Gasteiger partial charge in [0.15, 0.2) is 0 Å². The number of aryl methyl sites for hydroxylation is 1. The third-order valence-electron chi connectivity index (χ3n) is 2.77. The van der Waals surface area contributed by atoms with Gasteiger partial charge < -0.3 is 0 Å². The maximum Gasteiger partial charge on any atom is 0.123 e. The topological polar surface area (TPSA) is 38.0 Å². The van der Waals surface area contributed by atoms with Gasteiger partial charge >= 0.3 is 0 Å². The van der Waals surface area contributed by atoms with Crippen LogP contribution in [0.15, 0.2) is 46.9 Å². The van der Waals surface area contributed by atoms with Gasteiger partial charge in [-0.15, -0.1) is 0 Å².